The summed E-state index contributed by atoms with van der Waals surface area (Å²) in [6.45, 7) is 3.28. The number of amides is 1. The van der Waals surface area contributed by atoms with Gasteiger partial charge in [0.05, 0.1) is 18.1 Å². The van der Waals surface area contributed by atoms with Crippen molar-refractivity contribution < 1.29 is 17.9 Å². The molecule has 0 bridgehead atoms. The average Bonchev–Trinajstić information content (AvgIpc) is 2.64. The molecular formula is C18H19IN2O4S. The Morgan fingerprint density at radius 1 is 1.12 bits per heavy atom. The van der Waals surface area contributed by atoms with E-state index in [1.165, 1.54) is 10.4 Å². The van der Waals surface area contributed by atoms with Gasteiger partial charge >= 0.3 is 0 Å². The molecule has 8 heteroatoms. The first kappa shape index (κ1) is 19.3. The number of carbonyl (C=O) groups is 1. The molecule has 0 aromatic heterocycles. The second-order valence-corrected chi connectivity index (χ2v) is 9.14. The van der Waals surface area contributed by atoms with Gasteiger partial charge in [-0.2, -0.15) is 4.31 Å². The third kappa shape index (κ3) is 4.25. The molecular weight excluding hydrogens is 467 g/mol. The fraction of sp³-hybridized carbons (Fsp3) is 0.278. The summed E-state index contributed by atoms with van der Waals surface area (Å²) < 4.78 is 33.3. The number of halogens is 1. The second-order valence-electron chi connectivity index (χ2n) is 5.95. The van der Waals surface area contributed by atoms with Crippen LogP contribution in [0.5, 0.6) is 0 Å². The van der Waals surface area contributed by atoms with Crippen molar-refractivity contribution >= 4 is 44.2 Å². The molecule has 1 N–H and O–H groups in total. The normalized spacial score (nSPS) is 15.6. The van der Waals surface area contributed by atoms with Gasteiger partial charge in [-0.25, -0.2) is 8.42 Å². The summed E-state index contributed by atoms with van der Waals surface area (Å²) in [6.07, 6.45) is 0. The van der Waals surface area contributed by atoms with Crippen LogP contribution in [0, 0.1) is 10.5 Å². The summed E-state index contributed by atoms with van der Waals surface area (Å²) in [4.78, 5) is 12.6. The van der Waals surface area contributed by atoms with E-state index in [1.807, 2.05) is 19.1 Å². The highest BCUT2D eigenvalue weighted by molar-refractivity contribution is 14.1. The first-order valence-electron chi connectivity index (χ1n) is 8.13. The van der Waals surface area contributed by atoms with Gasteiger partial charge in [0.2, 0.25) is 10.0 Å². The lowest BCUT2D eigenvalue weighted by Crippen LogP contribution is -2.40. The molecule has 0 saturated carbocycles. The fourth-order valence-electron chi connectivity index (χ4n) is 2.63. The smallest absolute Gasteiger partial charge is 0.255 e. The highest BCUT2D eigenvalue weighted by atomic mass is 127. The van der Waals surface area contributed by atoms with Gasteiger partial charge in [-0.1, -0.05) is 6.07 Å². The van der Waals surface area contributed by atoms with E-state index in [-0.39, 0.29) is 10.8 Å². The molecule has 0 spiro atoms. The van der Waals surface area contributed by atoms with Gasteiger partial charge in [0.15, 0.2) is 0 Å². The number of ether oxygens (including phenoxy) is 1. The standard InChI is InChI=1S/C18H19IN2O4S/c1-13-2-7-16(26(23,24)21-8-10-25-11-9-21)12-17(13)20-18(22)14-3-5-15(19)6-4-14/h2-7,12H,8-11H2,1H3,(H,20,22). The molecule has 26 heavy (non-hydrogen) atoms. The lowest BCUT2D eigenvalue weighted by molar-refractivity contribution is 0.0730. The van der Waals surface area contributed by atoms with Crippen molar-refractivity contribution in [3.63, 3.8) is 0 Å². The summed E-state index contributed by atoms with van der Waals surface area (Å²) in [7, 11) is -3.61. The van der Waals surface area contributed by atoms with Crippen LogP contribution in [0.2, 0.25) is 0 Å². The summed E-state index contributed by atoms with van der Waals surface area (Å²) in [5, 5.41) is 2.81. The van der Waals surface area contributed by atoms with Crippen molar-refractivity contribution in [3.05, 3.63) is 57.2 Å². The number of hydrogen-bond donors (Lipinski definition) is 1. The molecule has 1 aliphatic heterocycles. The topological polar surface area (TPSA) is 75.7 Å². The Labute approximate surface area is 166 Å². The maximum absolute atomic E-state index is 12.8. The molecule has 3 rings (SSSR count). The van der Waals surface area contributed by atoms with Crippen LogP contribution in [-0.4, -0.2) is 44.9 Å². The van der Waals surface area contributed by atoms with Crippen LogP contribution < -0.4 is 5.32 Å². The van der Waals surface area contributed by atoms with Crippen LogP contribution in [0.1, 0.15) is 15.9 Å². The summed E-state index contributed by atoms with van der Waals surface area (Å²) in [5.41, 5.74) is 1.80. The zero-order valence-corrected chi connectivity index (χ0v) is 17.2. The predicted octanol–water partition coefficient (Wildman–Crippen LogP) is 2.87. The van der Waals surface area contributed by atoms with E-state index in [0.29, 0.717) is 37.6 Å². The van der Waals surface area contributed by atoms with Gasteiger partial charge in [0.1, 0.15) is 0 Å². The van der Waals surface area contributed by atoms with Crippen molar-refractivity contribution in [3.8, 4) is 0 Å². The van der Waals surface area contributed by atoms with Crippen molar-refractivity contribution in [2.45, 2.75) is 11.8 Å². The number of rotatable bonds is 4. The van der Waals surface area contributed by atoms with Crippen LogP contribution in [0.15, 0.2) is 47.4 Å². The summed E-state index contributed by atoms with van der Waals surface area (Å²) in [5.74, 6) is -0.273. The number of carbonyl (C=O) groups excluding carboxylic acids is 1. The van der Waals surface area contributed by atoms with Crippen LogP contribution in [0.4, 0.5) is 5.69 Å². The Morgan fingerprint density at radius 2 is 1.77 bits per heavy atom. The third-order valence-electron chi connectivity index (χ3n) is 4.17. The van der Waals surface area contributed by atoms with E-state index in [4.69, 9.17) is 4.74 Å². The fourth-order valence-corrected chi connectivity index (χ4v) is 4.42. The van der Waals surface area contributed by atoms with Crippen molar-refractivity contribution in [1.29, 1.82) is 0 Å². The quantitative estimate of drug-likeness (QED) is 0.675. The maximum atomic E-state index is 12.8. The Bertz CT molecular complexity index is 907. The number of morpholine rings is 1. The van der Waals surface area contributed by atoms with E-state index in [1.54, 1.807) is 24.3 Å². The molecule has 1 heterocycles. The van der Waals surface area contributed by atoms with Gasteiger partial charge in [0.25, 0.3) is 5.91 Å². The Kier molecular flexibility index (Phi) is 5.96. The van der Waals surface area contributed by atoms with E-state index >= 15 is 0 Å². The first-order chi connectivity index (χ1) is 12.4. The molecule has 1 fully saturated rings. The van der Waals surface area contributed by atoms with E-state index < -0.39 is 10.0 Å². The molecule has 0 radical (unpaired) electrons. The Hall–Kier alpha value is -1.49. The zero-order chi connectivity index (χ0) is 18.7. The molecule has 0 atom stereocenters. The van der Waals surface area contributed by atoms with Gasteiger partial charge in [-0.05, 0) is 71.5 Å². The number of benzene rings is 2. The minimum absolute atomic E-state index is 0.169. The number of nitrogens with one attached hydrogen (secondary N) is 1. The van der Waals surface area contributed by atoms with E-state index in [9.17, 15) is 13.2 Å². The van der Waals surface area contributed by atoms with Crippen LogP contribution in [0.25, 0.3) is 0 Å². The van der Waals surface area contributed by atoms with Crippen LogP contribution in [-0.2, 0) is 14.8 Å². The summed E-state index contributed by atoms with van der Waals surface area (Å²) in [6, 6.07) is 12.0. The van der Waals surface area contributed by atoms with Crippen LogP contribution in [0.3, 0.4) is 0 Å². The zero-order valence-electron chi connectivity index (χ0n) is 14.2. The van der Waals surface area contributed by atoms with Crippen molar-refractivity contribution in [2.24, 2.45) is 0 Å². The molecule has 2 aromatic carbocycles. The molecule has 1 aliphatic rings. The monoisotopic (exact) mass is 486 g/mol. The van der Waals surface area contributed by atoms with Crippen LogP contribution >= 0.6 is 22.6 Å². The van der Waals surface area contributed by atoms with Gasteiger partial charge in [-0.3, -0.25) is 4.79 Å². The molecule has 0 unspecified atom stereocenters. The first-order valence-corrected chi connectivity index (χ1v) is 10.7. The molecule has 138 valence electrons. The minimum Gasteiger partial charge on any atom is -0.379 e. The minimum atomic E-state index is -3.61. The molecule has 1 amide bonds. The van der Waals surface area contributed by atoms with Gasteiger partial charge in [0, 0.05) is 27.9 Å². The number of hydrogen-bond acceptors (Lipinski definition) is 4. The van der Waals surface area contributed by atoms with Crippen molar-refractivity contribution in [1.82, 2.24) is 4.31 Å². The van der Waals surface area contributed by atoms with Gasteiger partial charge < -0.3 is 10.1 Å². The maximum Gasteiger partial charge on any atom is 0.255 e. The van der Waals surface area contributed by atoms with E-state index in [0.717, 1.165) is 9.13 Å². The Balaban J connectivity index is 1.85. The largest absolute Gasteiger partial charge is 0.379 e. The molecule has 0 aliphatic carbocycles. The van der Waals surface area contributed by atoms with E-state index in [2.05, 4.69) is 27.9 Å². The number of aryl methyl sites for hydroxylation is 1. The highest BCUT2D eigenvalue weighted by Crippen LogP contribution is 2.24. The summed E-state index contributed by atoms with van der Waals surface area (Å²) >= 11 is 2.17. The average molecular weight is 486 g/mol. The number of anilines is 1. The second kappa shape index (κ2) is 8.03. The predicted molar refractivity (Wildman–Crippen MR) is 108 cm³/mol. The lowest BCUT2D eigenvalue weighted by Gasteiger charge is -2.26. The molecule has 2 aromatic rings. The third-order valence-corrected chi connectivity index (χ3v) is 6.79. The van der Waals surface area contributed by atoms with Crippen molar-refractivity contribution in [2.75, 3.05) is 31.6 Å². The molecule has 6 nitrogen and oxygen atoms in total. The highest BCUT2D eigenvalue weighted by Gasteiger charge is 2.26. The SMILES string of the molecule is Cc1ccc(S(=O)(=O)N2CCOCC2)cc1NC(=O)c1ccc(I)cc1. The lowest BCUT2D eigenvalue weighted by atomic mass is 10.1. The van der Waals surface area contributed by atoms with Gasteiger partial charge in [-0.15, -0.1) is 0 Å². The number of nitrogens with zero attached hydrogens (tertiary/aromatic N) is 1. The number of sulfonamides is 1. The Morgan fingerprint density at radius 3 is 2.42 bits per heavy atom. The molecule has 1 saturated heterocycles.